The summed E-state index contributed by atoms with van der Waals surface area (Å²) in [5.74, 6) is 0.663. The molecule has 8 heteroatoms. The normalized spacial score (nSPS) is 20.6. The molecule has 1 saturated carbocycles. The highest BCUT2D eigenvalue weighted by molar-refractivity contribution is 7.71. The van der Waals surface area contributed by atoms with Crippen molar-refractivity contribution in [1.29, 1.82) is 0 Å². The summed E-state index contributed by atoms with van der Waals surface area (Å²) in [5, 5.41) is 0. The molecule has 0 unspecified atom stereocenters. The number of H-pyrrole nitrogens is 2. The Bertz CT molecular complexity index is 869. The van der Waals surface area contributed by atoms with Crippen molar-refractivity contribution >= 4 is 40.9 Å². The molecule has 2 aromatic rings. The third-order valence-electron chi connectivity index (χ3n) is 4.61. The number of rotatable bonds is 1. The van der Waals surface area contributed by atoms with E-state index in [0.29, 0.717) is 10.7 Å². The average Bonchev–Trinajstić information content (AvgIpc) is 2.86. The minimum atomic E-state index is -0.422. The number of nitrogens with two attached hydrogens (primary N) is 2. The molecule has 120 valence electrons. The van der Waals surface area contributed by atoms with Crippen molar-refractivity contribution in [3.63, 3.8) is 0 Å². The zero-order valence-electron chi connectivity index (χ0n) is 12.7. The van der Waals surface area contributed by atoms with E-state index in [4.69, 9.17) is 23.7 Å². The number of hydrogen-bond donors (Lipinski definition) is 4. The van der Waals surface area contributed by atoms with Crippen LogP contribution in [0.5, 0.6) is 0 Å². The lowest BCUT2D eigenvalue weighted by atomic mass is 9.87. The fourth-order valence-corrected chi connectivity index (χ4v) is 3.87. The Hall–Kier alpha value is -2.35. The van der Waals surface area contributed by atoms with Crippen LogP contribution in [0.4, 0.5) is 5.69 Å². The average molecular weight is 329 g/mol. The van der Waals surface area contributed by atoms with Gasteiger partial charge in [0.15, 0.2) is 4.77 Å². The molecule has 1 fully saturated rings. The standard InChI is InChI=1S/C15H19N7S/c16-12-20-13(17)22(15(21-12)6-2-1-3-7-15)9-4-5-10-11(8-9)19-14(23)18-10/h4-5,8H,1-3,6-7H2,(H2,18,19,23)(H4,16,17,20,21). The van der Waals surface area contributed by atoms with Crippen LogP contribution in [0.15, 0.2) is 28.2 Å². The van der Waals surface area contributed by atoms with E-state index in [9.17, 15) is 0 Å². The Morgan fingerprint density at radius 2 is 1.83 bits per heavy atom. The minimum absolute atomic E-state index is 0.266. The monoisotopic (exact) mass is 329 g/mol. The molecule has 1 aliphatic carbocycles. The molecule has 23 heavy (non-hydrogen) atoms. The number of fused-ring (bicyclic) bond motifs is 1. The highest BCUT2D eigenvalue weighted by atomic mass is 32.1. The molecular weight excluding hydrogens is 310 g/mol. The van der Waals surface area contributed by atoms with Gasteiger partial charge >= 0.3 is 0 Å². The largest absolute Gasteiger partial charge is 0.369 e. The van der Waals surface area contributed by atoms with Gasteiger partial charge in [-0.05, 0) is 56.1 Å². The van der Waals surface area contributed by atoms with Gasteiger partial charge in [-0.1, -0.05) is 6.42 Å². The molecule has 1 aliphatic heterocycles. The second-order valence-electron chi connectivity index (χ2n) is 6.13. The summed E-state index contributed by atoms with van der Waals surface area (Å²) in [6, 6.07) is 6.02. The Labute approximate surface area is 138 Å². The van der Waals surface area contributed by atoms with Crippen molar-refractivity contribution in [2.75, 3.05) is 4.90 Å². The van der Waals surface area contributed by atoms with Gasteiger partial charge in [0.25, 0.3) is 0 Å². The summed E-state index contributed by atoms with van der Waals surface area (Å²) in [6.07, 6.45) is 5.27. The highest BCUT2D eigenvalue weighted by Crippen LogP contribution is 2.39. The van der Waals surface area contributed by atoms with E-state index >= 15 is 0 Å². The van der Waals surface area contributed by atoms with Crippen LogP contribution in [0.25, 0.3) is 11.0 Å². The Morgan fingerprint density at radius 3 is 2.61 bits per heavy atom. The third-order valence-corrected chi connectivity index (χ3v) is 4.81. The van der Waals surface area contributed by atoms with E-state index < -0.39 is 5.66 Å². The molecule has 1 aromatic carbocycles. The molecule has 7 nitrogen and oxygen atoms in total. The first-order chi connectivity index (χ1) is 11.1. The maximum atomic E-state index is 6.23. The predicted molar refractivity (Wildman–Crippen MR) is 95.0 cm³/mol. The number of hydrogen-bond acceptors (Lipinski definition) is 6. The van der Waals surface area contributed by atoms with Crippen molar-refractivity contribution in [2.24, 2.45) is 21.5 Å². The first-order valence-corrected chi connectivity index (χ1v) is 8.20. The summed E-state index contributed by atoms with van der Waals surface area (Å²) in [4.78, 5) is 17.1. The molecular formula is C15H19N7S. The van der Waals surface area contributed by atoms with Gasteiger partial charge in [-0.2, -0.15) is 4.99 Å². The van der Waals surface area contributed by atoms with Gasteiger partial charge in [0, 0.05) is 5.69 Å². The van der Waals surface area contributed by atoms with Gasteiger partial charge in [-0.25, -0.2) is 4.99 Å². The molecule has 1 aromatic heterocycles. The molecule has 0 saturated heterocycles. The zero-order valence-corrected chi connectivity index (χ0v) is 13.5. The van der Waals surface area contributed by atoms with E-state index in [1.165, 1.54) is 6.42 Å². The first kappa shape index (κ1) is 14.3. The first-order valence-electron chi connectivity index (χ1n) is 7.79. The minimum Gasteiger partial charge on any atom is -0.369 e. The molecule has 0 bridgehead atoms. The van der Waals surface area contributed by atoms with Crippen molar-refractivity contribution in [2.45, 2.75) is 37.8 Å². The van der Waals surface area contributed by atoms with Gasteiger partial charge in [0.2, 0.25) is 11.9 Å². The van der Waals surface area contributed by atoms with E-state index in [1.54, 1.807) is 0 Å². The van der Waals surface area contributed by atoms with Crippen LogP contribution in [-0.4, -0.2) is 27.5 Å². The van der Waals surface area contributed by atoms with Gasteiger partial charge in [0.05, 0.1) is 11.0 Å². The van der Waals surface area contributed by atoms with Crippen molar-refractivity contribution in [1.82, 2.24) is 9.97 Å². The van der Waals surface area contributed by atoms with Gasteiger partial charge in [0.1, 0.15) is 5.66 Å². The number of nitrogens with one attached hydrogen (secondary N) is 2. The number of anilines is 1. The van der Waals surface area contributed by atoms with Crippen LogP contribution in [0.3, 0.4) is 0 Å². The fraction of sp³-hybridized carbons (Fsp3) is 0.400. The maximum absolute atomic E-state index is 6.23. The Kier molecular flexibility index (Phi) is 3.15. The number of guanidine groups is 2. The Balaban J connectivity index is 1.85. The second-order valence-corrected chi connectivity index (χ2v) is 6.54. The summed E-state index contributed by atoms with van der Waals surface area (Å²) >= 11 is 5.16. The van der Waals surface area contributed by atoms with Crippen LogP contribution >= 0.6 is 12.2 Å². The molecule has 1 spiro atoms. The smallest absolute Gasteiger partial charge is 0.220 e. The quantitative estimate of drug-likeness (QED) is 0.602. The van der Waals surface area contributed by atoms with Crippen LogP contribution in [0.2, 0.25) is 0 Å². The molecule has 4 rings (SSSR count). The van der Waals surface area contributed by atoms with E-state index in [1.807, 2.05) is 23.1 Å². The number of aromatic nitrogens is 2. The van der Waals surface area contributed by atoms with Gasteiger partial charge in [-0.3, -0.25) is 4.90 Å². The topological polar surface area (TPSA) is 112 Å². The maximum Gasteiger partial charge on any atom is 0.220 e. The van der Waals surface area contributed by atoms with Crippen molar-refractivity contribution in [3.8, 4) is 0 Å². The number of aromatic amines is 2. The highest BCUT2D eigenvalue weighted by Gasteiger charge is 2.42. The molecule has 0 atom stereocenters. The number of imidazole rings is 1. The van der Waals surface area contributed by atoms with Crippen LogP contribution in [0.1, 0.15) is 32.1 Å². The summed E-state index contributed by atoms with van der Waals surface area (Å²) < 4.78 is 0.604. The fourth-order valence-electron chi connectivity index (χ4n) is 3.65. The van der Waals surface area contributed by atoms with Crippen molar-refractivity contribution < 1.29 is 0 Å². The molecule has 2 aliphatic rings. The second kappa shape index (κ2) is 5.09. The SMILES string of the molecule is NC1=NC2(CCCCC2)N(c2ccc3[nH]c(=S)[nH]c3c2)C(N)=N1. The summed E-state index contributed by atoms with van der Waals surface area (Å²) in [7, 11) is 0. The zero-order chi connectivity index (χ0) is 16.0. The molecule has 0 amide bonds. The predicted octanol–water partition coefficient (Wildman–Crippen LogP) is 2.34. The van der Waals surface area contributed by atoms with E-state index in [2.05, 4.69) is 20.0 Å². The van der Waals surface area contributed by atoms with E-state index in [-0.39, 0.29) is 5.96 Å². The van der Waals surface area contributed by atoms with Crippen molar-refractivity contribution in [3.05, 3.63) is 23.0 Å². The number of nitrogens with zero attached hydrogens (tertiary/aromatic N) is 3. The lowest BCUT2D eigenvalue weighted by Gasteiger charge is -2.45. The number of aliphatic imine (C=N–C) groups is 2. The lowest BCUT2D eigenvalue weighted by molar-refractivity contribution is 0.305. The molecule has 2 heterocycles. The number of benzene rings is 1. The van der Waals surface area contributed by atoms with Gasteiger partial charge in [-0.15, -0.1) is 0 Å². The Morgan fingerprint density at radius 1 is 1.09 bits per heavy atom. The third kappa shape index (κ3) is 2.29. The van der Waals surface area contributed by atoms with Crippen LogP contribution in [0, 0.1) is 4.77 Å². The van der Waals surface area contributed by atoms with Crippen LogP contribution < -0.4 is 16.4 Å². The molecule has 6 N–H and O–H groups in total. The van der Waals surface area contributed by atoms with E-state index in [0.717, 1.165) is 42.4 Å². The van der Waals surface area contributed by atoms with Gasteiger partial charge < -0.3 is 21.4 Å². The lowest BCUT2D eigenvalue weighted by Crippen LogP contribution is -2.58. The molecule has 0 radical (unpaired) electrons. The summed E-state index contributed by atoms with van der Waals surface area (Å²) in [5.41, 5.74) is 14.6. The van der Waals surface area contributed by atoms with Crippen LogP contribution in [-0.2, 0) is 0 Å². The summed E-state index contributed by atoms with van der Waals surface area (Å²) in [6.45, 7) is 0.